The number of nitrogen functional groups attached to an aromatic ring is 1. The summed E-state index contributed by atoms with van der Waals surface area (Å²) in [4.78, 5) is 31.6. The van der Waals surface area contributed by atoms with Gasteiger partial charge in [-0.1, -0.05) is 32.0 Å². The minimum Gasteiger partial charge on any atom is -0.468 e. The van der Waals surface area contributed by atoms with Gasteiger partial charge in [0.25, 0.3) is 0 Å². The zero-order valence-corrected chi connectivity index (χ0v) is 19.8. The standard InChI is InChI=1S/C20H28N5O8P/c1-12(2)17(18(27)30-3)24-34(29,33-13-7-5-4-6-8-13)31-10-15-14(26)9-16(32-15)25-11-22-19(21)23-20(25)28/h4-8,11-12,14-17,26H,9-10H2,1-3H3,(H,24,29)(H2,21,23,28)/t14-,15+,16+,17-,34?/m0/s1. The van der Waals surface area contributed by atoms with E-state index in [1.165, 1.54) is 13.4 Å². The molecule has 0 amide bonds. The molecule has 1 saturated heterocycles. The van der Waals surface area contributed by atoms with E-state index in [4.69, 9.17) is 24.3 Å². The summed E-state index contributed by atoms with van der Waals surface area (Å²) in [6.45, 7) is 3.11. The first-order valence-corrected chi connectivity index (χ1v) is 12.0. The molecule has 1 aliphatic heterocycles. The van der Waals surface area contributed by atoms with Crippen LogP contribution in [0.2, 0.25) is 0 Å². The third-order valence-electron chi connectivity index (χ3n) is 5.06. The molecule has 4 N–H and O–H groups in total. The first-order chi connectivity index (χ1) is 16.1. The largest absolute Gasteiger partial charge is 0.468 e. The summed E-state index contributed by atoms with van der Waals surface area (Å²) in [5.74, 6) is -0.897. The van der Waals surface area contributed by atoms with Crippen LogP contribution in [-0.2, 0) is 23.4 Å². The van der Waals surface area contributed by atoms with Crippen LogP contribution in [0.5, 0.6) is 5.75 Å². The molecule has 13 nitrogen and oxygen atoms in total. The Kier molecular flexibility index (Phi) is 8.39. The van der Waals surface area contributed by atoms with Crippen LogP contribution < -0.4 is 21.0 Å². The third kappa shape index (κ3) is 6.39. The molecular weight excluding hydrogens is 469 g/mol. The van der Waals surface area contributed by atoms with E-state index >= 15 is 0 Å². The molecule has 2 heterocycles. The van der Waals surface area contributed by atoms with Gasteiger partial charge in [0, 0.05) is 6.42 Å². The molecule has 14 heteroatoms. The number of anilines is 1. The smallest absolute Gasteiger partial charge is 0.459 e. The first kappa shape index (κ1) is 25.8. The molecule has 34 heavy (non-hydrogen) atoms. The molecular formula is C20H28N5O8P. The topological polar surface area (TPSA) is 177 Å². The zero-order valence-electron chi connectivity index (χ0n) is 18.9. The number of hydrogen-bond acceptors (Lipinski definition) is 11. The second kappa shape index (κ2) is 11.1. The fourth-order valence-electron chi connectivity index (χ4n) is 3.24. The Morgan fingerprint density at radius 2 is 2.09 bits per heavy atom. The Balaban J connectivity index is 1.76. The lowest BCUT2D eigenvalue weighted by Crippen LogP contribution is -2.41. The lowest BCUT2D eigenvalue weighted by Gasteiger charge is -2.27. The molecule has 2 aromatic rings. The van der Waals surface area contributed by atoms with Crippen molar-refractivity contribution in [3.63, 3.8) is 0 Å². The second-order valence-corrected chi connectivity index (χ2v) is 9.60. The van der Waals surface area contributed by atoms with Crippen molar-refractivity contribution in [2.24, 2.45) is 5.92 Å². The van der Waals surface area contributed by atoms with E-state index in [1.54, 1.807) is 44.2 Å². The summed E-state index contributed by atoms with van der Waals surface area (Å²) in [7, 11) is -2.94. The molecule has 5 atom stereocenters. The van der Waals surface area contributed by atoms with Crippen LogP contribution in [0, 0.1) is 5.92 Å². The van der Waals surface area contributed by atoms with Gasteiger partial charge < -0.3 is 24.8 Å². The van der Waals surface area contributed by atoms with Crippen LogP contribution in [-0.4, -0.2) is 57.6 Å². The Bertz CT molecular complexity index is 1080. The van der Waals surface area contributed by atoms with Gasteiger partial charge in [0.05, 0.1) is 19.8 Å². The number of aliphatic hydroxyl groups is 1. The molecule has 0 spiro atoms. The number of nitrogens with two attached hydrogens (primary N) is 1. The molecule has 186 valence electrons. The number of rotatable bonds is 10. The number of carbonyl (C=O) groups is 1. The van der Waals surface area contributed by atoms with Gasteiger partial charge in [-0.3, -0.25) is 13.9 Å². The molecule has 1 unspecified atom stereocenters. The molecule has 1 aromatic heterocycles. The summed E-state index contributed by atoms with van der Waals surface area (Å²) >= 11 is 0. The van der Waals surface area contributed by atoms with Crippen LogP contribution in [0.3, 0.4) is 0 Å². The summed E-state index contributed by atoms with van der Waals surface area (Å²) in [6.07, 6.45) is -1.69. The molecule has 1 aliphatic rings. The Labute approximate surface area is 195 Å². The lowest BCUT2D eigenvalue weighted by molar-refractivity contribution is -0.143. The van der Waals surface area contributed by atoms with Gasteiger partial charge in [0.15, 0.2) is 0 Å². The van der Waals surface area contributed by atoms with Crippen molar-refractivity contribution < 1.29 is 33.0 Å². The average Bonchev–Trinajstić information content (AvgIpc) is 3.16. The highest BCUT2D eigenvalue weighted by Crippen LogP contribution is 2.46. The Hall–Kier alpha value is -2.83. The number of ether oxygens (including phenoxy) is 2. The highest BCUT2D eigenvalue weighted by atomic mass is 31.2. The SMILES string of the molecule is COC(=O)[C@@H](NP(=O)(OC[C@H]1O[C@@H](n2cnc(N)nc2=O)C[C@@H]1O)Oc1ccccc1)C(C)C. The van der Waals surface area contributed by atoms with E-state index in [-0.39, 0.29) is 30.6 Å². The number of methoxy groups -OCH3 is 1. The fourth-order valence-corrected chi connectivity index (χ4v) is 4.91. The molecule has 0 radical (unpaired) electrons. The second-order valence-electron chi connectivity index (χ2n) is 7.91. The highest BCUT2D eigenvalue weighted by Gasteiger charge is 2.40. The maximum atomic E-state index is 13.6. The van der Waals surface area contributed by atoms with Crippen molar-refractivity contribution in [2.45, 2.75) is 44.7 Å². The van der Waals surface area contributed by atoms with Gasteiger partial charge in [-0.2, -0.15) is 10.1 Å². The average molecular weight is 497 g/mol. The van der Waals surface area contributed by atoms with Crippen molar-refractivity contribution >= 4 is 19.7 Å². The molecule has 1 aromatic carbocycles. The maximum absolute atomic E-state index is 13.6. The van der Waals surface area contributed by atoms with Crippen LogP contribution >= 0.6 is 7.75 Å². The van der Waals surface area contributed by atoms with E-state index in [9.17, 15) is 19.3 Å². The van der Waals surface area contributed by atoms with Gasteiger partial charge in [-0.15, -0.1) is 0 Å². The lowest BCUT2D eigenvalue weighted by atomic mass is 10.1. The van der Waals surface area contributed by atoms with E-state index in [0.717, 1.165) is 4.57 Å². The number of para-hydroxylation sites is 1. The van der Waals surface area contributed by atoms with E-state index in [2.05, 4.69) is 15.1 Å². The van der Waals surface area contributed by atoms with Crippen molar-refractivity contribution in [2.75, 3.05) is 19.5 Å². The number of nitrogens with one attached hydrogen (secondary N) is 1. The highest BCUT2D eigenvalue weighted by molar-refractivity contribution is 7.52. The summed E-state index contributed by atoms with van der Waals surface area (Å²) in [6, 6.07) is 7.27. The summed E-state index contributed by atoms with van der Waals surface area (Å²) in [5, 5.41) is 13.1. The number of nitrogens with zero attached hydrogens (tertiary/aromatic N) is 3. The van der Waals surface area contributed by atoms with Crippen molar-refractivity contribution in [3.8, 4) is 5.75 Å². The summed E-state index contributed by atoms with van der Waals surface area (Å²) in [5.41, 5.74) is 4.71. The number of esters is 1. The Morgan fingerprint density at radius 3 is 2.71 bits per heavy atom. The van der Waals surface area contributed by atoms with Crippen LogP contribution in [0.4, 0.5) is 5.95 Å². The van der Waals surface area contributed by atoms with Crippen molar-refractivity contribution in [1.29, 1.82) is 0 Å². The molecule has 0 saturated carbocycles. The predicted molar refractivity (Wildman–Crippen MR) is 120 cm³/mol. The Morgan fingerprint density at radius 1 is 1.38 bits per heavy atom. The van der Waals surface area contributed by atoms with E-state index in [1.807, 2.05) is 0 Å². The van der Waals surface area contributed by atoms with E-state index in [0.29, 0.717) is 0 Å². The van der Waals surface area contributed by atoms with Crippen molar-refractivity contribution in [1.82, 2.24) is 19.6 Å². The van der Waals surface area contributed by atoms with Crippen LogP contribution in [0.25, 0.3) is 0 Å². The van der Waals surface area contributed by atoms with Gasteiger partial charge in [-0.05, 0) is 18.1 Å². The molecule has 1 fully saturated rings. The fraction of sp³-hybridized carbons (Fsp3) is 0.500. The predicted octanol–water partition coefficient (Wildman–Crippen LogP) is 0.860. The summed E-state index contributed by atoms with van der Waals surface area (Å²) < 4.78 is 36.4. The molecule has 3 rings (SSSR count). The van der Waals surface area contributed by atoms with Crippen molar-refractivity contribution in [3.05, 3.63) is 47.1 Å². The van der Waals surface area contributed by atoms with E-state index < -0.39 is 43.9 Å². The maximum Gasteiger partial charge on any atom is 0.459 e. The van der Waals surface area contributed by atoms with Gasteiger partial charge in [0.1, 0.15) is 30.5 Å². The zero-order chi connectivity index (χ0) is 24.9. The first-order valence-electron chi connectivity index (χ1n) is 10.5. The number of hydrogen-bond donors (Lipinski definition) is 3. The number of carbonyl (C=O) groups excluding carboxylic acids is 1. The quantitative estimate of drug-likeness (QED) is 0.312. The molecule has 0 bridgehead atoms. The monoisotopic (exact) mass is 497 g/mol. The van der Waals surface area contributed by atoms with Gasteiger partial charge in [0.2, 0.25) is 5.95 Å². The molecule has 0 aliphatic carbocycles. The third-order valence-corrected chi connectivity index (χ3v) is 6.59. The van der Waals surface area contributed by atoms with Crippen LogP contribution in [0.1, 0.15) is 26.5 Å². The van der Waals surface area contributed by atoms with Gasteiger partial charge >= 0.3 is 19.4 Å². The number of aromatic nitrogens is 3. The van der Waals surface area contributed by atoms with Crippen LogP contribution in [0.15, 0.2) is 41.5 Å². The number of benzene rings is 1. The minimum absolute atomic E-state index is 0.0370. The minimum atomic E-state index is -4.16. The normalized spacial score (nSPS) is 22.8. The number of aliphatic hydroxyl groups excluding tert-OH is 1. The van der Waals surface area contributed by atoms with Gasteiger partial charge in [-0.25, -0.2) is 14.3 Å².